The first kappa shape index (κ1) is 7.35. The predicted octanol–water partition coefficient (Wildman–Crippen LogP) is 2.67. The van der Waals surface area contributed by atoms with Gasteiger partial charge in [0.1, 0.15) is 0 Å². The summed E-state index contributed by atoms with van der Waals surface area (Å²) in [6.07, 6.45) is 7.99. The normalized spacial score (nSPS) is 26.2. The number of hydrogen-bond acceptors (Lipinski definition) is 1. The van der Waals surface area contributed by atoms with Crippen molar-refractivity contribution in [3.05, 3.63) is 11.1 Å². The van der Waals surface area contributed by atoms with Crippen LogP contribution in [0.5, 0.6) is 0 Å². The quantitative estimate of drug-likeness (QED) is 0.485. The van der Waals surface area contributed by atoms with Gasteiger partial charge in [-0.15, -0.1) is 0 Å². The number of rotatable bonds is 0. The Morgan fingerprint density at radius 1 is 0.727 bits per heavy atom. The van der Waals surface area contributed by atoms with Crippen LogP contribution in [0.1, 0.15) is 38.5 Å². The molecule has 1 heterocycles. The molecule has 2 rings (SSSR count). The maximum atomic E-state index is 5.44. The van der Waals surface area contributed by atoms with Crippen molar-refractivity contribution >= 4 is 0 Å². The van der Waals surface area contributed by atoms with Crippen LogP contribution in [0, 0.1) is 0 Å². The van der Waals surface area contributed by atoms with Gasteiger partial charge in [0, 0.05) is 0 Å². The second-order valence-corrected chi connectivity index (χ2v) is 3.53. The standard InChI is InChI=1S/C10H16O/c1-2-4-10-6-8-11-7-5-9(10)3-1/h1-8H2. The zero-order chi connectivity index (χ0) is 7.52. The molecule has 1 aliphatic carbocycles. The van der Waals surface area contributed by atoms with E-state index in [1.165, 1.54) is 38.5 Å². The lowest BCUT2D eigenvalue weighted by Crippen LogP contribution is -1.99. The Morgan fingerprint density at radius 3 is 1.82 bits per heavy atom. The lowest BCUT2D eigenvalue weighted by Gasteiger charge is -2.17. The number of ether oxygens (including phenoxy) is 1. The second-order valence-electron chi connectivity index (χ2n) is 3.53. The molecule has 0 saturated heterocycles. The first-order valence-electron chi connectivity index (χ1n) is 4.74. The molecule has 62 valence electrons. The Balaban J connectivity index is 2.10. The van der Waals surface area contributed by atoms with Crippen molar-refractivity contribution in [2.75, 3.05) is 13.2 Å². The molecule has 0 atom stereocenters. The molecule has 1 nitrogen and oxygen atoms in total. The third-order valence-corrected chi connectivity index (χ3v) is 2.80. The van der Waals surface area contributed by atoms with Crippen LogP contribution in [0.15, 0.2) is 11.1 Å². The zero-order valence-electron chi connectivity index (χ0n) is 7.07. The fourth-order valence-electron chi connectivity index (χ4n) is 2.13. The van der Waals surface area contributed by atoms with E-state index in [0.717, 1.165) is 13.2 Å². The van der Waals surface area contributed by atoms with E-state index in [1.54, 1.807) is 11.1 Å². The zero-order valence-corrected chi connectivity index (χ0v) is 7.07. The highest BCUT2D eigenvalue weighted by atomic mass is 16.5. The summed E-state index contributed by atoms with van der Waals surface area (Å²) >= 11 is 0. The van der Waals surface area contributed by atoms with Crippen LogP contribution in [-0.2, 0) is 4.74 Å². The van der Waals surface area contributed by atoms with Crippen LogP contribution in [0.2, 0.25) is 0 Å². The Kier molecular flexibility index (Phi) is 2.27. The van der Waals surface area contributed by atoms with E-state index in [2.05, 4.69) is 0 Å². The lowest BCUT2D eigenvalue weighted by atomic mass is 9.89. The van der Waals surface area contributed by atoms with Gasteiger partial charge in [-0.1, -0.05) is 11.1 Å². The summed E-state index contributed by atoms with van der Waals surface area (Å²) in [6, 6.07) is 0. The van der Waals surface area contributed by atoms with Gasteiger partial charge >= 0.3 is 0 Å². The summed E-state index contributed by atoms with van der Waals surface area (Å²) in [5.41, 5.74) is 3.46. The topological polar surface area (TPSA) is 9.23 Å². The van der Waals surface area contributed by atoms with Crippen LogP contribution in [0.4, 0.5) is 0 Å². The van der Waals surface area contributed by atoms with Gasteiger partial charge in [-0.25, -0.2) is 0 Å². The van der Waals surface area contributed by atoms with Gasteiger partial charge in [0.05, 0.1) is 13.2 Å². The maximum absolute atomic E-state index is 5.44. The summed E-state index contributed by atoms with van der Waals surface area (Å²) in [4.78, 5) is 0. The van der Waals surface area contributed by atoms with Crippen molar-refractivity contribution in [3.63, 3.8) is 0 Å². The van der Waals surface area contributed by atoms with Crippen LogP contribution < -0.4 is 0 Å². The van der Waals surface area contributed by atoms with E-state index in [1.807, 2.05) is 0 Å². The van der Waals surface area contributed by atoms with Gasteiger partial charge in [0.25, 0.3) is 0 Å². The highest BCUT2D eigenvalue weighted by Gasteiger charge is 2.14. The van der Waals surface area contributed by atoms with E-state index in [9.17, 15) is 0 Å². The Bertz CT molecular complexity index is 152. The molecular formula is C10H16O. The van der Waals surface area contributed by atoms with Crippen LogP contribution >= 0.6 is 0 Å². The van der Waals surface area contributed by atoms with Gasteiger partial charge in [-0.3, -0.25) is 0 Å². The van der Waals surface area contributed by atoms with Gasteiger partial charge in [-0.2, -0.15) is 0 Å². The van der Waals surface area contributed by atoms with Crippen molar-refractivity contribution in [2.45, 2.75) is 38.5 Å². The molecule has 0 spiro atoms. The van der Waals surface area contributed by atoms with Gasteiger partial charge in [0.2, 0.25) is 0 Å². The molecule has 0 aromatic rings. The monoisotopic (exact) mass is 152 g/mol. The van der Waals surface area contributed by atoms with Gasteiger partial charge in [-0.05, 0) is 38.5 Å². The highest BCUT2D eigenvalue weighted by molar-refractivity contribution is 5.17. The lowest BCUT2D eigenvalue weighted by molar-refractivity contribution is 0.145. The summed E-state index contributed by atoms with van der Waals surface area (Å²) in [5.74, 6) is 0. The summed E-state index contributed by atoms with van der Waals surface area (Å²) < 4.78 is 5.44. The van der Waals surface area contributed by atoms with Crippen LogP contribution in [0.3, 0.4) is 0 Å². The highest BCUT2D eigenvalue weighted by Crippen LogP contribution is 2.30. The molecule has 0 fully saturated rings. The largest absolute Gasteiger partial charge is 0.381 e. The molecule has 2 aliphatic rings. The average Bonchev–Trinajstić information content (AvgIpc) is 2.28. The van der Waals surface area contributed by atoms with E-state index < -0.39 is 0 Å². The van der Waals surface area contributed by atoms with Crippen LogP contribution in [0.25, 0.3) is 0 Å². The summed E-state index contributed by atoms with van der Waals surface area (Å²) in [7, 11) is 0. The predicted molar refractivity (Wildman–Crippen MR) is 45.5 cm³/mol. The van der Waals surface area contributed by atoms with Gasteiger partial charge < -0.3 is 4.74 Å². The van der Waals surface area contributed by atoms with Crippen molar-refractivity contribution in [2.24, 2.45) is 0 Å². The minimum absolute atomic E-state index is 0.971. The van der Waals surface area contributed by atoms with Crippen molar-refractivity contribution in [3.8, 4) is 0 Å². The van der Waals surface area contributed by atoms with E-state index in [4.69, 9.17) is 4.74 Å². The van der Waals surface area contributed by atoms with Crippen molar-refractivity contribution in [1.82, 2.24) is 0 Å². The molecule has 1 heteroatoms. The fraction of sp³-hybridized carbons (Fsp3) is 0.800. The van der Waals surface area contributed by atoms with E-state index >= 15 is 0 Å². The number of hydrogen-bond donors (Lipinski definition) is 0. The summed E-state index contributed by atoms with van der Waals surface area (Å²) in [5, 5.41) is 0. The Hall–Kier alpha value is -0.300. The SMILES string of the molecule is C1CCC2=C(C1)CCOCC2. The minimum Gasteiger partial charge on any atom is -0.381 e. The third kappa shape index (κ3) is 1.64. The molecule has 0 amide bonds. The summed E-state index contributed by atoms with van der Waals surface area (Å²) in [6.45, 7) is 1.94. The molecule has 0 unspecified atom stereocenters. The minimum atomic E-state index is 0.971. The smallest absolute Gasteiger partial charge is 0.0503 e. The average molecular weight is 152 g/mol. The molecule has 0 aromatic carbocycles. The third-order valence-electron chi connectivity index (χ3n) is 2.80. The molecule has 0 N–H and O–H groups in total. The van der Waals surface area contributed by atoms with Crippen molar-refractivity contribution < 1.29 is 4.74 Å². The first-order valence-corrected chi connectivity index (χ1v) is 4.74. The second kappa shape index (κ2) is 3.40. The molecule has 0 aromatic heterocycles. The Labute approximate surface area is 68.4 Å². The Morgan fingerprint density at radius 2 is 1.27 bits per heavy atom. The molecule has 0 radical (unpaired) electrons. The van der Waals surface area contributed by atoms with E-state index in [-0.39, 0.29) is 0 Å². The molecule has 0 bridgehead atoms. The van der Waals surface area contributed by atoms with Crippen molar-refractivity contribution in [1.29, 1.82) is 0 Å². The molecule has 11 heavy (non-hydrogen) atoms. The van der Waals surface area contributed by atoms with E-state index in [0.29, 0.717) is 0 Å². The van der Waals surface area contributed by atoms with Gasteiger partial charge in [0.15, 0.2) is 0 Å². The van der Waals surface area contributed by atoms with Crippen LogP contribution in [-0.4, -0.2) is 13.2 Å². The molecule has 0 saturated carbocycles. The fourth-order valence-corrected chi connectivity index (χ4v) is 2.13. The first-order chi connectivity index (χ1) is 5.47. The maximum Gasteiger partial charge on any atom is 0.0503 e. The molecular weight excluding hydrogens is 136 g/mol. The molecule has 1 aliphatic heterocycles.